The van der Waals surface area contributed by atoms with Crippen LogP contribution in [0, 0.1) is 11.8 Å². The summed E-state index contributed by atoms with van der Waals surface area (Å²) in [5.74, 6) is 0.869. The van der Waals surface area contributed by atoms with Gasteiger partial charge in [0.05, 0.1) is 6.61 Å². The number of ether oxygens (including phenoxy) is 2. The van der Waals surface area contributed by atoms with E-state index in [1.54, 1.807) is 0 Å². The third-order valence-electron chi connectivity index (χ3n) is 2.88. The van der Waals surface area contributed by atoms with Crippen LogP contribution in [-0.2, 0) is 9.47 Å². The van der Waals surface area contributed by atoms with Crippen molar-refractivity contribution in [1.82, 2.24) is 10.6 Å². The van der Waals surface area contributed by atoms with E-state index >= 15 is 0 Å². The summed E-state index contributed by atoms with van der Waals surface area (Å²) in [6.07, 6.45) is -0.350. The number of hydrogen-bond donors (Lipinski definition) is 2. The topological polar surface area (TPSA) is 59.6 Å². The van der Waals surface area contributed by atoms with Gasteiger partial charge in [0, 0.05) is 19.7 Å². The van der Waals surface area contributed by atoms with Crippen LogP contribution >= 0.6 is 0 Å². The molecule has 0 aromatic carbocycles. The van der Waals surface area contributed by atoms with Crippen molar-refractivity contribution in [3.63, 3.8) is 0 Å². The second-order valence-electron chi connectivity index (χ2n) is 6.29. The van der Waals surface area contributed by atoms with Crippen LogP contribution in [0.5, 0.6) is 0 Å². The molecule has 20 heavy (non-hydrogen) atoms. The number of amides is 1. The first kappa shape index (κ1) is 19.2. The fourth-order valence-corrected chi connectivity index (χ4v) is 1.65. The van der Waals surface area contributed by atoms with Crippen LogP contribution in [-0.4, -0.2) is 44.5 Å². The number of hydrogen-bond acceptors (Lipinski definition) is 4. The summed E-state index contributed by atoms with van der Waals surface area (Å²) in [5, 5.41) is 6.20. The van der Waals surface area contributed by atoms with Crippen molar-refractivity contribution in [2.45, 2.75) is 47.1 Å². The number of nitrogens with one attached hydrogen (secondary N) is 2. The highest BCUT2D eigenvalue weighted by Crippen LogP contribution is 2.10. The first-order valence-corrected chi connectivity index (χ1v) is 7.51. The monoisotopic (exact) mass is 288 g/mol. The van der Waals surface area contributed by atoms with Gasteiger partial charge in [0.2, 0.25) is 0 Å². The Balaban J connectivity index is 3.94. The summed E-state index contributed by atoms with van der Waals surface area (Å²) in [5.41, 5.74) is -0.451. The van der Waals surface area contributed by atoms with E-state index in [0.717, 1.165) is 26.3 Å². The minimum Gasteiger partial charge on any atom is -0.444 e. The van der Waals surface area contributed by atoms with Gasteiger partial charge in [-0.3, -0.25) is 0 Å². The molecule has 0 rings (SSSR count). The van der Waals surface area contributed by atoms with Gasteiger partial charge < -0.3 is 20.1 Å². The lowest BCUT2D eigenvalue weighted by atomic mass is 9.96. The van der Waals surface area contributed by atoms with E-state index < -0.39 is 5.60 Å². The lowest BCUT2D eigenvalue weighted by Gasteiger charge is -2.24. The van der Waals surface area contributed by atoms with E-state index in [9.17, 15) is 4.79 Å². The molecular formula is C15H32N2O3. The standard InChI is InChI=1S/C15H32N2O3/c1-7-19-9-8-16-10-13(12(2)3)11-17-14(18)20-15(4,5)6/h12-13,16H,7-11H2,1-6H3,(H,17,18). The molecule has 0 saturated carbocycles. The molecule has 5 nitrogen and oxygen atoms in total. The van der Waals surface area contributed by atoms with Gasteiger partial charge in [0.1, 0.15) is 5.60 Å². The van der Waals surface area contributed by atoms with Crippen molar-refractivity contribution in [2.75, 3.05) is 32.8 Å². The maximum atomic E-state index is 11.6. The van der Waals surface area contributed by atoms with Crippen molar-refractivity contribution in [3.8, 4) is 0 Å². The van der Waals surface area contributed by atoms with Crippen LogP contribution in [0.1, 0.15) is 41.5 Å². The summed E-state index contributed by atoms with van der Waals surface area (Å²) in [6.45, 7) is 15.7. The molecule has 0 bridgehead atoms. The molecule has 0 aromatic rings. The molecule has 0 fully saturated rings. The Morgan fingerprint density at radius 1 is 1.20 bits per heavy atom. The molecule has 1 amide bonds. The lowest BCUT2D eigenvalue weighted by molar-refractivity contribution is 0.0514. The fourth-order valence-electron chi connectivity index (χ4n) is 1.65. The van der Waals surface area contributed by atoms with Gasteiger partial charge in [-0.15, -0.1) is 0 Å². The van der Waals surface area contributed by atoms with E-state index in [0.29, 0.717) is 18.4 Å². The molecular weight excluding hydrogens is 256 g/mol. The van der Waals surface area contributed by atoms with Crippen LogP contribution in [0.3, 0.4) is 0 Å². The van der Waals surface area contributed by atoms with Crippen molar-refractivity contribution in [3.05, 3.63) is 0 Å². The summed E-state index contributed by atoms with van der Waals surface area (Å²) in [6, 6.07) is 0. The molecule has 0 radical (unpaired) electrons. The van der Waals surface area contributed by atoms with Crippen molar-refractivity contribution < 1.29 is 14.3 Å². The third-order valence-corrected chi connectivity index (χ3v) is 2.88. The molecule has 0 aliphatic carbocycles. The summed E-state index contributed by atoms with van der Waals surface area (Å²) < 4.78 is 10.5. The fraction of sp³-hybridized carbons (Fsp3) is 0.933. The van der Waals surface area contributed by atoms with Crippen LogP contribution in [0.4, 0.5) is 4.79 Å². The zero-order valence-corrected chi connectivity index (χ0v) is 13.9. The molecule has 2 N–H and O–H groups in total. The zero-order chi connectivity index (χ0) is 15.6. The maximum Gasteiger partial charge on any atom is 0.407 e. The smallest absolute Gasteiger partial charge is 0.407 e. The molecule has 0 spiro atoms. The Labute approximate surface area is 123 Å². The minimum absolute atomic E-state index is 0.350. The molecule has 1 unspecified atom stereocenters. The van der Waals surface area contributed by atoms with Crippen LogP contribution < -0.4 is 10.6 Å². The lowest BCUT2D eigenvalue weighted by Crippen LogP contribution is -2.40. The van der Waals surface area contributed by atoms with Crippen molar-refractivity contribution in [2.24, 2.45) is 11.8 Å². The van der Waals surface area contributed by atoms with E-state index in [1.165, 1.54) is 0 Å². The van der Waals surface area contributed by atoms with E-state index in [-0.39, 0.29) is 6.09 Å². The number of rotatable bonds is 9. The molecule has 1 atom stereocenters. The van der Waals surface area contributed by atoms with E-state index in [4.69, 9.17) is 9.47 Å². The zero-order valence-electron chi connectivity index (χ0n) is 13.9. The predicted octanol–water partition coefficient (Wildman–Crippen LogP) is 2.41. The quantitative estimate of drug-likeness (QED) is 0.640. The Kier molecular flexibility index (Phi) is 9.59. The molecule has 0 aliphatic heterocycles. The average Bonchev–Trinajstić information content (AvgIpc) is 2.29. The Morgan fingerprint density at radius 3 is 2.35 bits per heavy atom. The first-order chi connectivity index (χ1) is 9.26. The average molecular weight is 288 g/mol. The second-order valence-corrected chi connectivity index (χ2v) is 6.29. The Bertz CT molecular complexity index is 262. The first-order valence-electron chi connectivity index (χ1n) is 7.51. The van der Waals surface area contributed by atoms with Crippen LogP contribution in [0.2, 0.25) is 0 Å². The summed E-state index contributed by atoms with van der Waals surface area (Å²) in [7, 11) is 0. The molecule has 0 heterocycles. The van der Waals surface area contributed by atoms with Gasteiger partial charge in [0.15, 0.2) is 0 Å². The van der Waals surface area contributed by atoms with Gasteiger partial charge in [-0.1, -0.05) is 13.8 Å². The highest BCUT2D eigenvalue weighted by Gasteiger charge is 2.18. The van der Waals surface area contributed by atoms with Crippen LogP contribution in [0.15, 0.2) is 0 Å². The van der Waals surface area contributed by atoms with Gasteiger partial charge >= 0.3 is 6.09 Å². The third kappa shape index (κ3) is 11.1. The molecule has 5 heteroatoms. The number of alkyl carbamates (subject to hydrolysis) is 1. The highest BCUT2D eigenvalue weighted by atomic mass is 16.6. The molecule has 120 valence electrons. The van der Waals surface area contributed by atoms with Crippen molar-refractivity contribution in [1.29, 1.82) is 0 Å². The van der Waals surface area contributed by atoms with Gasteiger partial charge in [-0.25, -0.2) is 4.79 Å². The maximum absolute atomic E-state index is 11.6. The van der Waals surface area contributed by atoms with Gasteiger partial charge in [-0.05, 0) is 46.1 Å². The second kappa shape index (κ2) is 10.00. The predicted molar refractivity (Wildman–Crippen MR) is 81.9 cm³/mol. The molecule has 0 aliphatic rings. The van der Waals surface area contributed by atoms with Crippen LogP contribution in [0.25, 0.3) is 0 Å². The number of carbonyl (C=O) groups is 1. The van der Waals surface area contributed by atoms with Crippen molar-refractivity contribution >= 4 is 6.09 Å². The minimum atomic E-state index is -0.451. The van der Waals surface area contributed by atoms with Gasteiger partial charge in [-0.2, -0.15) is 0 Å². The Hall–Kier alpha value is -0.810. The summed E-state index contributed by atoms with van der Waals surface area (Å²) >= 11 is 0. The SMILES string of the molecule is CCOCCNCC(CNC(=O)OC(C)(C)C)C(C)C. The van der Waals surface area contributed by atoms with Gasteiger partial charge in [0.25, 0.3) is 0 Å². The molecule has 0 aromatic heterocycles. The van der Waals surface area contributed by atoms with E-state index in [2.05, 4.69) is 24.5 Å². The Morgan fingerprint density at radius 2 is 1.85 bits per heavy atom. The largest absolute Gasteiger partial charge is 0.444 e. The highest BCUT2D eigenvalue weighted by molar-refractivity contribution is 5.67. The summed E-state index contributed by atoms with van der Waals surface area (Å²) in [4.78, 5) is 11.6. The molecule has 0 saturated heterocycles. The number of carbonyl (C=O) groups excluding carboxylic acids is 1. The van der Waals surface area contributed by atoms with E-state index in [1.807, 2.05) is 27.7 Å². The normalized spacial score (nSPS) is 13.3.